The van der Waals surface area contributed by atoms with Gasteiger partial charge in [0.15, 0.2) is 0 Å². The van der Waals surface area contributed by atoms with Crippen LogP contribution in [0.15, 0.2) is 28.1 Å². The molecule has 0 unspecified atom stereocenters. The molecule has 1 aromatic carbocycles. The molecule has 0 bridgehead atoms. The number of nitro groups is 1. The van der Waals surface area contributed by atoms with E-state index in [9.17, 15) is 20.0 Å². The highest BCUT2D eigenvalue weighted by Crippen LogP contribution is 2.31. The van der Waals surface area contributed by atoms with Crippen molar-refractivity contribution in [1.29, 1.82) is 0 Å². The molecule has 0 saturated heterocycles. The van der Waals surface area contributed by atoms with Gasteiger partial charge in [-0.2, -0.15) is 5.10 Å². The molecule has 0 spiro atoms. The smallest absolute Gasteiger partial charge is 0.273 e. The molecule has 0 radical (unpaired) electrons. The van der Waals surface area contributed by atoms with Crippen LogP contribution in [-0.4, -0.2) is 28.2 Å². The lowest BCUT2D eigenvalue weighted by Gasteiger charge is -2.14. The molecule has 10 nitrogen and oxygen atoms in total. The molecule has 0 aliphatic heterocycles. The highest BCUT2D eigenvalue weighted by Gasteiger charge is 2.11. The topological polar surface area (TPSA) is 146 Å². The van der Waals surface area contributed by atoms with Crippen LogP contribution < -0.4 is 20.8 Å². The maximum Gasteiger partial charge on any atom is 0.273 e. The molecule has 2 N–H and O–H groups in total. The van der Waals surface area contributed by atoms with Gasteiger partial charge in [-0.25, -0.2) is 10.4 Å². The lowest BCUT2D eigenvalue weighted by molar-refractivity contribution is -0.385. The van der Waals surface area contributed by atoms with Crippen molar-refractivity contribution in [3.8, 4) is 11.5 Å². The van der Waals surface area contributed by atoms with E-state index in [2.05, 4.69) is 20.5 Å². The monoisotopic (exact) mass is 346 g/mol. The largest absolute Gasteiger partial charge is 0.870 e. The number of rotatable bonds is 7. The van der Waals surface area contributed by atoms with Gasteiger partial charge in [0.25, 0.3) is 11.2 Å². The second-order valence-corrected chi connectivity index (χ2v) is 5.03. The molecule has 0 aliphatic rings. The first kappa shape index (κ1) is 17.9. The summed E-state index contributed by atoms with van der Waals surface area (Å²) >= 11 is 0. The van der Waals surface area contributed by atoms with Crippen molar-refractivity contribution in [3.05, 3.63) is 49.9 Å². The Morgan fingerprint density at radius 3 is 2.84 bits per heavy atom. The average molecular weight is 346 g/mol. The van der Waals surface area contributed by atoms with Gasteiger partial charge >= 0.3 is 0 Å². The highest BCUT2D eigenvalue weighted by atomic mass is 16.6. The number of ether oxygens (including phenoxy) is 1. The fourth-order valence-corrected chi connectivity index (χ4v) is 2.07. The average Bonchev–Trinajstić information content (AvgIpc) is 2.56. The van der Waals surface area contributed by atoms with E-state index in [0.717, 1.165) is 24.8 Å². The summed E-state index contributed by atoms with van der Waals surface area (Å²) in [7, 11) is 1.24. The normalized spacial score (nSPS) is 10.8. The summed E-state index contributed by atoms with van der Waals surface area (Å²) in [5.41, 5.74) is 2.43. The Balaban J connectivity index is 2.26. The van der Waals surface area contributed by atoms with Crippen molar-refractivity contribution in [1.82, 2.24) is 9.97 Å². The van der Waals surface area contributed by atoms with Crippen LogP contribution in [0.5, 0.6) is 11.5 Å². The highest BCUT2D eigenvalue weighted by molar-refractivity contribution is 5.86. The standard InChI is InChI=1S/C15H17N5O5/c1-3-4-10-6-13(21)18-15(17-10)19-16-8-9-5-11(20(23)24)7-12(25-2)14(9)22/h5-8,22H,3-4H2,1-2H3,(H2,17,18,19,21)/p-1/b16-8+. The van der Waals surface area contributed by atoms with E-state index in [4.69, 9.17) is 4.74 Å². The summed E-state index contributed by atoms with van der Waals surface area (Å²) in [5, 5.41) is 26.8. The number of methoxy groups -OCH3 is 1. The number of aryl methyl sites for hydroxylation is 1. The number of anilines is 1. The van der Waals surface area contributed by atoms with Gasteiger partial charge in [0.2, 0.25) is 5.95 Å². The Morgan fingerprint density at radius 1 is 1.44 bits per heavy atom. The van der Waals surface area contributed by atoms with E-state index in [0.29, 0.717) is 12.1 Å². The number of hydrazone groups is 1. The summed E-state index contributed by atoms with van der Waals surface area (Å²) in [5.74, 6) is -0.594. The molecule has 0 atom stereocenters. The summed E-state index contributed by atoms with van der Waals surface area (Å²) in [6.45, 7) is 1.96. The Bertz CT molecular complexity index is 862. The SMILES string of the molecule is CCCc1cc(=O)[nH]c(N/N=C/c2cc([N+](=O)[O-])cc(OC)c2[O-])n1. The third-order valence-corrected chi connectivity index (χ3v) is 3.17. The van der Waals surface area contributed by atoms with E-state index in [-0.39, 0.29) is 28.5 Å². The van der Waals surface area contributed by atoms with Crippen LogP contribution in [0.25, 0.3) is 0 Å². The van der Waals surface area contributed by atoms with Crippen LogP contribution in [-0.2, 0) is 6.42 Å². The number of aromatic nitrogens is 2. The predicted molar refractivity (Wildman–Crippen MR) is 89.2 cm³/mol. The van der Waals surface area contributed by atoms with Crippen molar-refractivity contribution in [2.45, 2.75) is 19.8 Å². The lowest BCUT2D eigenvalue weighted by Crippen LogP contribution is -2.12. The molecular formula is C15H16N5O5-. The number of aromatic amines is 1. The van der Waals surface area contributed by atoms with Gasteiger partial charge in [0, 0.05) is 17.8 Å². The number of benzene rings is 1. The second-order valence-electron chi connectivity index (χ2n) is 5.03. The zero-order chi connectivity index (χ0) is 18.4. The van der Waals surface area contributed by atoms with E-state index in [1.54, 1.807) is 0 Å². The van der Waals surface area contributed by atoms with Crippen molar-refractivity contribution in [3.63, 3.8) is 0 Å². The van der Waals surface area contributed by atoms with Gasteiger partial charge in [-0.05, 0) is 12.0 Å². The maximum atomic E-state index is 12.1. The molecule has 0 amide bonds. The zero-order valence-electron chi connectivity index (χ0n) is 13.6. The van der Waals surface area contributed by atoms with Gasteiger partial charge in [0.1, 0.15) is 5.75 Å². The molecule has 0 aliphatic carbocycles. The second kappa shape index (κ2) is 7.90. The van der Waals surface area contributed by atoms with Crippen LogP contribution in [0.1, 0.15) is 24.6 Å². The van der Waals surface area contributed by atoms with Crippen molar-refractivity contribution >= 4 is 17.9 Å². The Kier molecular flexibility index (Phi) is 5.66. The molecule has 1 heterocycles. The maximum absolute atomic E-state index is 12.1. The summed E-state index contributed by atoms with van der Waals surface area (Å²) in [6.07, 6.45) is 2.56. The van der Waals surface area contributed by atoms with Gasteiger partial charge in [0.05, 0.1) is 24.3 Å². The molecule has 0 saturated carbocycles. The first-order chi connectivity index (χ1) is 11.9. The van der Waals surface area contributed by atoms with Crippen LogP contribution in [0.3, 0.4) is 0 Å². The molecule has 2 rings (SSSR count). The fourth-order valence-electron chi connectivity index (χ4n) is 2.07. The van der Waals surface area contributed by atoms with Crippen LogP contribution in [0, 0.1) is 10.1 Å². The minimum Gasteiger partial charge on any atom is -0.870 e. The molecule has 2 aromatic rings. The zero-order valence-corrected chi connectivity index (χ0v) is 13.6. The van der Waals surface area contributed by atoms with Gasteiger partial charge < -0.3 is 9.84 Å². The predicted octanol–water partition coefficient (Wildman–Crippen LogP) is 1.16. The van der Waals surface area contributed by atoms with Gasteiger partial charge in [-0.3, -0.25) is 19.9 Å². The molecule has 25 heavy (non-hydrogen) atoms. The fraction of sp³-hybridized carbons (Fsp3) is 0.267. The van der Waals surface area contributed by atoms with Gasteiger partial charge in [-0.1, -0.05) is 19.1 Å². The summed E-state index contributed by atoms with van der Waals surface area (Å²) in [6, 6.07) is 3.51. The Hall–Kier alpha value is -3.43. The Morgan fingerprint density at radius 2 is 2.20 bits per heavy atom. The molecule has 132 valence electrons. The Labute approximate surface area is 142 Å². The summed E-state index contributed by atoms with van der Waals surface area (Å²) in [4.78, 5) is 28.4. The quantitative estimate of drug-likeness (QED) is 0.434. The number of nitrogens with one attached hydrogen (secondary N) is 2. The van der Waals surface area contributed by atoms with Crippen molar-refractivity contribution in [2.75, 3.05) is 12.5 Å². The van der Waals surface area contributed by atoms with E-state index < -0.39 is 10.7 Å². The molecule has 0 fully saturated rings. The molecular weight excluding hydrogens is 330 g/mol. The number of H-pyrrole nitrogens is 1. The number of nitrogens with zero attached hydrogens (tertiary/aromatic N) is 3. The first-order valence-electron chi connectivity index (χ1n) is 7.37. The third kappa shape index (κ3) is 4.53. The van der Waals surface area contributed by atoms with Crippen LogP contribution in [0.4, 0.5) is 11.6 Å². The summed E-state index contributed by atoms with van der Waals surface area (Å²) < 4.78 is 4.84. The van der Waals surface area contributed by atoms with Crippen LogP contribution >= 0.6 is 0 Å². The third-order valence-electron chi connectivity index (χ3n) is 3.17. The molecule has 1 aromatic heterocycles. The van der Waals surface area contributed by atoms with E-state index >= 15 is 0 Å². The van der Waals surface area contributed by atoms with Gasteiger partial charge in [-0.15, -0.1) is 0 Å². The van der Waals surface area contributed by atoms with E-state index in [1.807, 2.05) is 6.92 Å². The van der Waals surface area contributed by atoms with E-state index in [1.165, 1.54) is 13.2 Å². The van der Waals surface area contributed by atoms with Crippen molar-refractivity contribution < 1.29 is 14.8 Å². The number of non-ortho nitro benzene ring substituents is 1. The number of nitro benzene ring substituents is 1. The number of hydrogen-bond acceptors (Lipinski definition) is 8. The van der Waals surface area contributed by atoms with Crippen molar-refractivity contribution in [2.24, 2.45) is 5.10 Å². The number of hydrogen-bond donors (Lipinski definition) is 2. The lowest BCUT2D eigenvalue weighted by atomic mass is 10.2. The minimum atomic E-state index is -0.639. The minimum absolute atomic E-state index is 0.0365. The molecule has 10 heteroatoms. The van der Waals surface area contributed by atoms with Crippen LogP contribution in [0.2, 0.25) is 0 Å². The first-order valence-corrected chi connectivity index (χ1v) is 7.37.